The highest BCUT2D eigenvalue weighted by atomic mass is 31.1. The molecule has 0 radical (unpaired) electrons. The van der Waals surface area contributed by atoms with Crippen LogP contribution in [0.25, 0.3) is 0 Å². The predicted molar refractivity (Wildman–Crippen MR) is 80.0 cm³/mol. The van der Waals surface area contributed by atoms with Gasteiger partial charge in [0, 0.05) is 0 Å². The highest BCUT2D eigenvalue weighted by Crippen LogP contribution is 2.31. The quantitative estimate of drug-likeness (QED) is 0.250. The minimum absolute atomic E-state index is 0.993. The summed E-state index contributed by atoms with van der Waals surface area (Å²) in [7, 11) is 1.13. The van der Waals surface area contributed by atoms with Gasteiger partial charge in [-0.1, -0.05) is 45.6 Å². The van der Waals surface area contributed by atoms with Crippen molar-refractivity contribution in [2.75, 3.05) is 6.66 Å². The smallest absolute Gasteiger partial charge is 0.0213 e. The van der Waals surface area contributed by atoms with Crippen LogP contribution in [0.1, 0.15) is 65.2 Å². The minimum atomic E-state index is 0.993. The lowest BCUT2D eigenvalue weighted by Gasteiger charge is -2.23. The Morgan fingerprint density at radius 2 is 1.75 bits per heavy atom. The summed E-state index contributed by atoms with van der Waals surface area (Å²) in [5.74, 6) is 0.993. The zero-order valence-electron chi connectivity index (χ0n) is 11.6. The fourth-order valence-electron chi connectivity index (χ4n) is 2.51. The molecule has 3 atom stereocenters. The number of rotatable bonds is 11. The maximum atomic E-state index is 3.77. The van der Waals surface area contributed by atoms with Crippen molar-refractivity contribution in [1.82, 2.24) is 0 Å². The van der Waals surface area contributed by atoms with Gasteiger partial charge in [-0.2, -0.15) is 0 Å². The van der Waals surface area contributed by atoms with E-state index in [-0.39, 0.29) is 0 Å². The van der Waals surface area contributed by atoms with Crippen molar-refractivity contribution >= 4 is 8.58 Å². The van der Waals surface area contributed by atoms with E-state index >= 15 is 0 Å². The van der Waals surface area contributed by atoms with Gasteiger partial charge in [-0.25, -0.2) is 0 Å². The van der Waals surface area contributed by atoms with Crippen molar-refractivity contribution in [3.05, 3.63) is 12.7 Å². The summed E-state index contributed by atoms with van der Waals surface area (Å²) in [6, 6.07) is 0. The minimum Gasteiger partial charge on any atom is -0.122 e. The second-order valence-electron chi connectivity index (χ2n) is 4.75. The van der Waals surface area contributed by atoms with Crippen molar-refractivity contribution in [3.63, 3.8) is 0 Å². The van der Waals surface area contributed by atoms with E-state index in [9.17, 15) is 0 Å². The molecule has 0 fully saturated rings. The van der Waals surface area contributed by atoms with Crippen molar-refractivity contribution < 1.29 is 0 Å². The van der Waals surface area contributed by atoms with Crippen LogP contribution in [0.3, 0.4) is 0 Å². The third-order valence-corrected chi connectivity index (χ3v) is 5.26. The summed E-state index contributed by atoms with van der Waals surface area (Å²) < 4.78 is 0. The van der Waals surface area contributed by atoms with Gasteiger partial charge in [-0.15, -0.1) is 15.2 Å². The fraction of sp³-hybridized carbons (Fsp3) is 0.867. The van der Waals surface area contributed by atoms with Crippen molar-refractivity contribution in [3.8, 4) is 0 Å². The first-order valence-electron chi connectivity index (χ1n) is 7.08. The number of hydrogen-bond acceptors (Lipinski definition) is 0. The zero-order valence-corrected chi connectivity index (χ0v) is 12.6. The monoisotopic (exact) mass is 242 g/mol. The summed E-state index contributed by atoms with van der Waals surface area (Å²) in [6.07, 6.45) is 13.1. The van der Waals surface area contributed by atoms with Crippen LogP contribution in [0, 0.1) is 5.92 Å². The highest BCUT2D eigenvalue weighted by molar-refractivity contribution is 7.37. The SMILES string of the molecule is C=CCCCCCCC(CC)C(CC)PC. The Morgan fingerprint density at radius 1 is 1.06 bits per heavy atom. The zero-order chi connectivity index (χ0) is 12.2. The molecule has 0 aliphatic heterocycles. The maximum Gasteiger partial charge on any atom is -0.0213 e. The van der Waals surface area contributed by atoms with Gasteiger partial charge in [-0.3, -0.25) is 0 Å². The molecule has 3 unspecified atom stereocenters. The molecule has 0 aliphatic rings. The molecule has 0 saturated carbocycles. The molecular weight excluding hydrogens is 211 g/mol. The molecule has 0 rings (SSSR count). The van der Waals surface area contributed by atoms with Crippen LogP contribution in [0.5, 0.6) is 0 Å². The molecule has 0 saturated heterocycles. The van der Waals surface area contributed by atoms with E-state index in [4.69, 9.17) is 0 Å². The van der Waals surface area contributed by atoms with Gasteiger partial charge < -0.3 is 0 Å². The van der Waals surface area contributed by atoms with E-state index < -0.39 is 0 Å². The third kappa shape index (κ3) is 7.44. The molecule has 0 aromatic rings. The maximum absolute atomic E-state index is 3.77. The molecule has 0 aromatic heterocycles. The van der Waals surface area contributed by atoms with Crippen LogP contribution in [-0.4, -0.2) is 12.3 Å². The van der Waals surface area contributed by atoms with Gasteiger partial charge >= 0.3 is 0 Å². The Balaban J connectivity index is 3.58. The first-order chi connectivity index (χ1) is 7.79. The second kappa shape index (κ2) is 11.6. The molecule has 0 N–H and O–H groups in total. The van der Waals surface area contributed by atoms with Gasteiger partial charge in [0.1, 0.15) is 0 Å². The molecule has 0 bridgehead atoms. The van der Waals surface area contributed by atoms with Crippen LogP contribution in [0.2, 0.25) is 0 Å². The molecule has 0 amide bonds. The van der Waals surface area contributed by atoms with Crippen molar-refractivity contribution in [2.24, 2.45) is 5.92 Å². The number of unbranched alkanes of at least 4 members (excludes halogenated alkanes) is 4. The van der Waals surface area contributed by atoms with E-state index in [1.165, 1.54) is 51.4 Å². The Morgan fingerprint density at radius 3 is 2.25 bits per heavy atom. The molecule has 96 valence electrons. The van der Waals surface area contributed by atoms with E-state index in [1.54, 1.807) is 0 Å². The number of hydrogen-bond donors (Lipinski definition) is 0. The van der Waals surface area contributed by atoms with Crippen LogP contribution in [0.4, 0.5) is 0 Å². The first kappa shape index (κ1) is 16.2. The molecule has 0 heterocycles. The van der Waals surface area contributed by atoms with E-state index in [0.29, 0.717) is 0 Å². The van der Waals surface area contributed by atoms with Gasteiger partial charge in [0.25, 0.3) is 0 Å². The molecule has 0 aromatic carbocycles. The summed E-state index contributed by atoms with van der Waals surface area (Å²) in [4.78, 5) is 0. The van der Waals surface area contributed by atoms with Crippen LogP contribution >= 0.6 is 8.58 Å². The predicted octanol–water partition coefficient (Wildman–Crippen LogP) is 5.63. The molecule has 16 heavy (non-hydrogen) atoms. The van der Waals surface area contributed by atoms with Crippen LogP contribution in [0.15, 0.2) is 12.7 Å². The Hall–Kier alpha value is 0.170. The lowest BCUT2D eigenvalue weighted by atomic mass is 9.93. The van der Waals surface area contributed by atoms with Crippen molar-refractivity contribution in [2.45, 2.75) is 70.9 Å². The molecule has 0 spiro atoms. The van der Waals surface area contributed by atoms with Crippen LogP contribution < -0.4 is 0 Å². The summed E-state index contributed by atoms with van der Waals surface area (Å²) >= 11 is 0. The Bertz CT molecular complexity index is 150. The van der Waals surface area contributed by atoms with Gasteiger partial charge in [0.2, 0.25) is 0 Å². The standard InChI is InChI=1S/C15H31P/c1-5-8-9-10-11-12-13-14(6-2)15(7-3)16-4/h5,14-16H,1,6-13H2,2-4H3. The first-order valence-corrected chi connectivity index (χ1v) is 8.65. The Labute approximate surface area is 105 Å². The van der Waals surface area contributed by atoms with E-state index in [2.05, 4.69) is 27.1 Å². The summed E-state index contributed by atoms with van der Waals surface area (Å²) in [5.41, 5.74) is 0.998. The topological polar surface area (TPSA) is 0 Å². The van der Waals surface area contributed by atoms with E-state index in [0.717, 1.165) is 20.2 Å². The van der Waals surface area contributed by atoms with Gasteiger partial charge in [-0.05, 0) is 43.9 Å². The number of allylic oxidation sites excluding steroid dienone is 1. The summed E-state index contributed by atoms with van der Waals surface area (Å²) in [5, 5.41) is 0. The lowest BCUT2D eigenvalue weighted by Crippen LogP contribution is -2.14. The second-order valence-corrected chi connectivity index (χ2v) is 6.07. The fourth-order valence-corrected chi connectivity index (χ4v) is 3.79. The average molecular weight is 242 g/mol. The molecule has 0 aliphatic carbocycles. The lowest BCUT2D eigenvalue weighted by molar-refractivity contribution is 0.418. The normalized spacial score (nSPS) is 15.4. The van der Waals surface area contributed by atoms with Gasteiger partial charge in [0.15, 0.2) is 0 Å². The average Bonchev–Trinajstić information content (AvgIpc) is 2.32. The van der Waals surface area contributed by atoms with Crippen molar-refractivity contribution in [1.29, 1.82) is 0 Å². The van der Waals surface area contributed by atoms with Gasteiger partial charge in [0.05, 0.1) is 0 Å². The molecule has 0 nitrogen and oxygen atoms in total. The summed E-state index contributed by atoms with van der Waals surface area (Å²) in [6.45, 7) is 10.9. The Kier molecular flexibility index (Phi) is 11.8. The molecule has 1 heteroatoms. The van der Waals surface area contributed by atoms with E-state index in [1.807, 2.05) is 6.08 Å². The third-order valence-electron chi connectivity index (χ3n) is 3.64. The molecular formula is C15H31P. The largest absolute Gasteiger partial charge is 0.122 e. The highest BCUT2D eigenvalue weighted by Gasteiger charge is 2.15. The van der Waals surface area contributed by atoms with Crippen LogP contribution in [-0.2, 0) is 0 Å².